The minimum absolute atomic E-state index is 0.166. The van der Waals surface area contributed by atoms with Gasteiger partial charge in [0.25, 0.3) is 0 Å². The van der Waals surface area contributed by atoms with Gasteiger partial charge in [-0.2, -0.15) is 0 Å². The van der Waals surface area contributed by atoms with Crippen LogP contribution >= 0.6 is 31.9 Å². The van der Waals surface area contributed by atoms with Crippen LogP contribution < -0.4 is 5.32 Å². The van der Waals surface area contributed by atoms with Crippen molar-refractivity contribution >= 4 is 43.7 Å². The first-order chi connectivity index (χ1) is 8.01. The molecule has 0 aromatic rings. The van der Waals surface area contributed by atoms with Gasteiger partial charge >= 0.3 is 5.97 Å². The summed E-state index contributed by atoms with van der Waals surface area (Å²) in [5.74, 6) is -0.161. The van der Waals surface area contributed by atoms with Crippen molar-refractivity contribution in [2.45, 2.75) is 32.7 Å². The summed E-state index contributed by atoms with van der Waals surface area (Å²) in [5, 5.41) is 2.76. The first-order valence-corrected chi connectivity index (χ1v) is 6.91. The number of hydrogen-bond acceptors (Lipinski definition) is 3. The quantitative estimate of drug-likeness (QED) is 0.778. The molecule has 1 heterocycles. The third kappa shape index (κ3) is 3.42. The molecule has 6 heteroatoms. The van der Waals surface area contributed by atoms with Gasteiger partial charge < -0.3 is 10.1 Å². The average molecular weight is 367 g/mol. The summed E-state index contributed by atoms with van der Waals surface area (Å²) in [4.78, 5) is 24.4. The summed E-state index contributed by atoms with van der Waals surface area (Å²) in [6.45, 7) is 3.42. The number of carbonyl (C=O) groups is 2. The molecule has 0 aromatic heterocycles. The van der Waals surface area contributed by atoms with Gasteiger partial charge in [-0.1, -0.05) is 29.3 Å². The molecule has 0 aromatic carbocycles. The molecule has 1 N–H and O–H groups in total. The molecule has 1 rings (SSSR count). The standard InChI is InChI=1S/C11H13Br2NO3/c1-3-4-7(14-6(2)15)9-10(13)8(5-12)17-11(9)16/h5,7H,3-4H2,1-2H3,(H,14,15)/b8-5-. The van der Waals surface area contributed by atoms with E-state index < -0.39 is 5.97 Å². The van der Waals surface area contributed by atoms with Crippen molar-refractivity contribution in [2.24, 2.45) is 0 Å². The maximum Gasteiger partial charge on any atom is 0.342 e. The zero-order chi connectivity index (χ0) is 13.0. The van der Waals surface area contributed by atoms with Crippen LogP contribution in [0.3, 0.4) is 0 Å². The van der Waals surface area contributed by atoms with Crippen LogP contribution in [0.2, 0.25) is 0 Å². The zero-order valence-electron chi connectivity index (χ0n) is 9.55. The van der Waals surface area contributed by atoms with Gasteiger partial charge in [0, 0.05) is 11.9 Å². The number of hydrogen-bond donors (Lipinski definition) is 1. The zero-order valence-corrected chi connectivity index (χ0v) is 12.7. The number of ether oxygens (including phenoxy) is 1. The van der Waals surface area contributed by atoms with Gasteiger partial charge in [-0.15, -0.1) is 0 Å². The molecule has 0 radical (unpaired) electrons. The number of rotatable bonds is 4. The fourth-order valence-electron chi connectivity index (χ4n) is 1.61. The van der Waals surface area contributed by atoms with Crippen LogP contribution in [0.5, 0.6) is 0 Å². The van der Waals surface area contributed by atoms with Crippen molar-refractivity contribution in [1.82, 2.24) is 5.32 Å². The third-order valence-electron chi connectivity index (χ3n) is 2.28. The van der Waals surface area contributed by atoms with Crippen LogP contribution in [0.1, 0.15) is 26.7 Å². The number of nitrogens with one attached hydrogen (secondary N) is 1. The van der Waals surface area contributed by atoms with Crippen molar-refractivity contribution in [3.8, 4) is 0 Å². The molecule has 1 unspecified atom stereocenters. The van der Waals surface area contributed by atoms with Crippen molar-refractivity contribution < 1.29 is 14.3 Å². The minimum atomic E-state index is -0.422. The fraction of sp³-hybridized carbons (Fsp3) is 0.455. The Morgan fingerprint density at radius 2 is 2.24 bits per heavy atom. The van der Waals surface area contributed by atoms with E-state index in [0.29, 0.717) is 22.2 Å². The highest BCUT2D eigenvalue weighted by Gasteiger charge is 2.33. The Hall–Kier alpha value is -0.620. The van der Waals surface area contributed by atoms with Crippen LogP contribution in [0.15, 0.2) is 20.8 Å². The summed E-state index contributed by atoms with van der Waals surface area (Å²) >= 11 is 6.44. The molecule has 17 heavy (non-hydrogen) atoms. The smallest absolute Gasteiger partial charge is 0.342 e. The van der Waals surface area contributed by atoms with Crippen LogP contribution in [0.25, 0.3) is 0 Å². The second kappa shape index (κ2) is 6.35. The Morgan fingerprint density at radius 1 is 1.59 bits per heavy atom. The Bertz CT molecular complexity index is 402. The summed E-state index contributed by atoms with van der Waals surface area (Å²) in [6.07, 6.45) is 1.55. The molecule has 1 amide bonds. The molecule has 0 saturated carbocycles. The molecule has 1 atom stereocenters. The van der Waals surface area contributed by atoms with E-state index in [1.54, 1.807) is 0 Å². The largest absolute Gasteiger partial charge is 0.421 e. The normalized spacial score (nSPS) is 19.5. The van der Waals surface area contributed by atoms with E-state index in [4.69, 9.17) is 4.74 Å². The van der Waals surface area contributed by atoms with Crippen LogP contribution in [0, 0.1) is 0 Å². The third-order valence-corrected chi connectivity index (χ3v) is 3.51. The first kappa shape index (κ1) is 14.4. The Kier molecular flexibility index (Phi) is 5.39. The number of amides is 1. The lowest BCUT2D eigenvalue weighted by Gasteiger charge is -2.16. The number of halogens is 2. The predicted octanol–water partition coefficient (Wildman–Crippen LogP) is 2.73. The molecule has 0 aliphatic carbocycles. The maximum absolute atomic E-state index is 11.7. The van der Waals surface area contributed by atoms with E-state index in [1.165, 1.54) is 11.9 Å². The maximum atomic E-state index is 11.7. The van der Waals surface area contributed by atoms with Crippen LogP contribution in [-0.4, -0.2) is 17.9 Å². The molecule has 1 aliphatic heterocycles. The summed E-state index contributed by atoms with van der Waals surface area (Å²) in [6, 6.07) is -0.315. The Morgan fingerprint density at radius 3 is 2.65 bits per heavy atom. The molecule has 1 aliphatic rings. The molecule has 0 spiro atoms. The monoisotopic (exact) mass is 365 g/mol. The highest BCUT2D eigenvalue weighted by atomic mass is 79.9. The van der Waals surface area contributed by atoms with Gasteiger partial charge in [0.15, 0.2) is 5.76 Å². The topological polar surface area (TPSA) is 55.4 Å². The second-order valence-electron chi connectivity index (χ2n) is 3.63. The van der Waals surface area contributed by atoms with Gasteiger partial charge in [0.05, 0.1) is 16.1 Å². The van der Waals surface area contributed by atoms with Crippen molar-refractivity contribution in [1.29, 1.82) is 0 Å². The number of carbonyl (C=O) groups excluding carboxylic acids is 2. The summed E-state index contributed by atoms with van der Waals surface area (Å²) in [7, 11) is 0. The number of allylic oxidation sites excluding steroid dienone is 1. The lowest BCUT2D eigenvalue weighted by Crippen LogP contribution is -2.36. The average Bonchev–Trinajstić information content (AvgIpc) is 2.52. The van der Waals surface area contributed by atoms with Crippen molar-refractivity contribution in [3.05, 3.63) is 20.8 Å². The van der Waals surface area contributed by atoms with Crippen LogP contribution in [0.4, 0.5) is 0 Å². The van der Waals surface area contributed by atoms with E-state index in [1.807, 2.05) is 6.92 Å². The Labute approximate surface area is 117 Å². The minimum Gasteiger partial charge on any atom is -0.421 e. The molecular weight excluding hydrogens is 354 g/mol. The van der Waals surface area contributed by atoms with Gasteiger partial charge in [-0.05, 0) is 22.4 Å². The molecule has 4 nitrogen and oxygen atoms in total. The fourth-order valence-corrected chi connectivity index (χ4v) is 2.87. The van der Waals surface area contributed by atoms with Gasteiger partial charge in [-0.3, -0.25) is 4.79 Å². The summed E-state index contributed by atoms with van der Waals surface area (Å²) in [5.41, 5.74) is 0.466. The summed E-state index contributed by atoms with van der Waals surface area (Å²) < 4.78 is 5.64. The van der Waals surface area contributed by atoms with E-state index in [2.05, 4.69) is 37.2 Å². The van der Waals surface area contributed by atoms with Gasteiger partial charge in [0.1, 0.15) is 0 Å². The van der Waals surface area contributed by atoms with E-state index in [9.17, 15) is 9.59 Å². The molecule has 0 saturated heterocycles. The van der Waals surface area contributed by atoms with Gasteiger partial charge in [-0.25, -0.2) is 4.79 Å². The highest BCUT2D eigenvalue weighted by molar-refractivity contribution is 9.12. The SMILES string of the molecule is CCCC(NC(C)=O)C1=C(Br)/C(=C/Br)OC1=O. The molecule has 94 valence electrons. The number of cyclic esters (lactones) is 1. The first-order valence-electron chi connectivity index (χ1n) is 5.21. The molecule has 0 fully saturated rings. The van der Waals surface area contributed by atoms with Crippen molar-refractivity contribution in [2.75, 3.05) is 0 Å². The van der Waals surface area contributed by atoms with Crippen molar-refractivity contribution in [3.63, 3.8) is 0 Å². The molecule has 0 bridgehead atoms. The highest BCUT2D eigenvalue weighted by Crippen LogP contribution is 2.34. The predicted molar refractivity (Wildman–Crippen MR) is 71.6 cm³/mol. The number of esters is 1. The van der Waals surface area contributed by atoms with E-state index >= 15 is 0 Å². The second-order valence-corrected chi connectivity index (χ2v) is 4.88. The van der Waals surface area contributed by atoms with Gasteiger partial charge in [0.2, 0.25) is 5.91 Å². The molecular formula is C11H13Br2NO3. The van der Waals surface area contributed by atoms with E-state index in [0.717, 1.165) is 6.42 Å². The Balaban J connectivity index is 3.04. The lowest BCUT2D eigenvalue weighted by molar-refractivity contribution is -0.133. The van der Waals surface area contributed by atoms with E-state index in [-0.39, 0.29) is 11.9 Å². The van der Waals surface area contributed by atoms with Crippen LogP contribution in [-0.2, 0) is 14.3 Å². The lowest BCUT2D eigenvalue weighted by atomic mass is 10.0.